The minimum atomic E-state index is 1.23. The third-order valence-corrected chi connectivity index (χ3v) is 4.71. The second-order valence-electron chi connectivity index (χ2n) is 6.25. The summed E-state index contributed by atoms with van der Waals surface area (Å²) in [5.41, 5.74) is 2.48. The van der Waals surface area contributed by atoms with Gasteiger partial charge < -0.3 is 0 Å². The van der Waals surface area contributed by atoms with Crippen LogP contribution in [-0.4, -0.2) is 0 Å². The molecule has 0 N–H and O–H groups in total. The van der Waals surface area contributed by atoms with Crippen molar-refractivity contribution in [2.45, 2.75) is 0 Å². The monoisotopic (exact) mass is 303 g/mol. The van der Waals surface area contributed by atoms with Crippen molar-refractivity contribution in [3.8, 4) is 11.1 Å². The van der Waals surface area contributed by atoms with Gasteiger partial charge in [-0.15, -0.1) is 0 Å². The maximum Gasteiger partial charge on any atom is -0.0171 e. The van der Waals surface area contributed by atoms with Crippen LogP contribution < -0.4 is 0 Å². The van der Waals surface area contributed by atoms with Gasteiger partial charge in [-0.3, -0.25) is 0 Å². The third kappa shape index (κ3) is 2.16. The van der Waals surface area contributed by atoms with Crippen LogP contribution in [0.2, 0.25) is 0 Å². The van der Waals surface area contributed by atoms with E-state index in [1.54, 1.807) is 0 Å². The van der Waals surface area contributed by atoms with Gasteiger partial charge in [-0.25, -0.2) is 0 Å². The molecule has 0 bridgehead atoms. The lowest BCUT2D eigenvalue weighted by Gasteiger charge is -2.07. The van der Waals surface area contributed by atoms with Gasteiger partial charge in [-0.1, -0.05) is 60.7 Å². The fourth-order valence-electron chi connectivity index (χ4n) is 3.45. The zero-order valence-corrected chi connectivity index (χ0v) is 13.2. The van der Waals surface area contributed by atoms with Crippen LogP contribution in [0.1, 0.15) is 0 Å². The van der Waals surface area contributed by atoms with Crippen LogP contribution in [-0.2, 0) is 0 Å². The van der Waals surface area contributed by atoms with E-state index in [9.17, 15) is 0 Å². The Labute approximate surface area is 141 Å². The van der Waals surface area contributed by atoms with E-state index < -0.39 is 0 Å². The highest BCUT2D eigenvalue weighted by Crippen LogP contribution is 2.30. The Morgan fingerprint density at radius 2 is 0.958 bits per heavy atom. The molecule has 0 aliphatic carbocycles. The van der Waals surface area contributed by atoms with E-state index in [0.29, 0.717) is 0 Å². The van der Waals surface area contributed by atoms with Crippen molar-refractivity contribution in [3.63, 3.8) is 0 Å². The predicted octanol–water partition coefficient (Wildman–Crippen LogP) is 6.61. The highest BCUT2D eigenvalue weighted by molar-refractivity contribution is 6.05. The van der Waals surface area contributed by atoms with E-state index in [1.807, 2.05) is 12.1 Å². The molecular weight excluding hydrogens is 288 g/mol. The second-order valence-corrected chi connectivity index (χ2v) is 6.25. The summed E-state index contributed by atoms with van der Waals surface area (Å²) in [5, 5.41) is 7.73. The third-order valence-electron chi connectivity index (χ3n) is 4.71. The summed E-state index contributed by atoms with van der Waals surface area (Å²) in [4.78, 5) is 0. The van der Waals surface area contributed by atoms with Crippen molar-refractivity contribution in [1.29, 1.82) is 0 Å². The van der Waals surface area contributed by atoms with Gasteiger partial charge in [0.1, 0.15) is 0 Å². The van der Waals surface area contributed by atoms with Crippen LogP contribution in [0.5, 0.6) is 0 Å². The lowest BCUT2D eigenvalue weighted by atomic mass is 9.97. The summed E-state index contributed by atoms with van der Waals surface area (Å²) in [6, 6.07) is 35.6. The topological polar surface area (TPSA) is 0 Å². The molecule has 0 nitrogen and oxygen atoms in total. The molecule has 24 heavy (non-hydrogen) atoms. The molecule has 0 atom stereocenters. The molecule has 5 rings (SSSR count). The van der Waals surface area contributed by atoms with Crippen LogP contribution in [0.4, 0.5) is 0 Å². The number of hydrogen-bond donors (Lipinski definition) is 0. The van der Waals surface area contributed by atoms with Gasteiger partial charge in [0.15, 0.2) is 0 Å². The molecule has 0 fully saturated rings. The predicted molar refractivity (Wildman–Crippen MR) is 103 cm³/mol. The Bertz CT molecular complexity index is 1180. The molecule has 111 valence electrons. The number of hydrogen-bond acceptors (Lipinski definition) is 0. The quantitative estimate of drug-likeness (QED) is 0.305. The Morgan fingerprint density at radius 1 is 0.417 bits per heavy atom. The van der Waals surface area contributed by atoms with Crippen LogP contribution in [0.15, 0.2) is 91.0 Å². The lowest BCUT2D eigenvalue weighted by Crippen LogP contribution is -1.81. The SMILES string of the molecule is [c]1ccc(-c2ccc3cc4cc5ccccc5cc4cc3c2)cc1. The van der Waals surface area contributed by atoms with E-state index in [1.165, 1.54) is 43.4 Å². The molecule has 5 aromatic rings. The van der Waals surface area contributed by atoms with Gasteiger partial charge >= 0.3 is 0 Å². The molecule has 0 saturated carbocycles. The highest BCUT2D eigenvalue weighted by Gasteiger charge is 2.03. The maximum absolute atomic E-state index is 3.08. The number of rotatable bonds is 1. The van der Waals surface area contributed by atoms with Crippen molar-refractivity contribution in [3.05, 3.63) is 97.1 Å². The molecule has 0 amide bonds. The van der Waals surface area contributed by atoms with E-state index in [4.69, 9.17) is 0 Å². The van der Waals surface area contributed by atoms with Crippen LogP contribution in [0.3, 0.4) is 0 Å². The fourth-order valence-corrected chi connectivity index (χ4v) is 3.45. The molecular formula is C24H15. The Morgan fingerprint density at radius 3 is 1.62 bits per heavy atom. The average Bonchev–Trinajstić information content (AvgIpc) is 2.65. The van der Waals surface area contributed by atoms with Crippen molar-refractivity contribution in [2.24, 2.45) is 0 Å². The Hall–Kier alpha value is -3.12. The van der Waals surface area contributed by atoms with E-state index >= 15 is 0 Å². The summed E-state index contributed by atoms with van der Waals surface area (Å²) in [7, 11) is 0. The van der Waals surface area contributed by atoms with Crippen molar-refractivity contribution < 1.29 is 0 Å². The first-order valence-electron chi connectivity index (χ1n) is 8.20. The molecule has 0 heterocycles. The first kappa shape index (κ1) is 13.3. The van der Waals surface area contributed by atoms with Gasteiger partial charge in [0, 0.05) is 0 Å². The molecule has 0 aliphatic heterocycles. The summed E-state index contributed by atoms with van der Waals surface area (Å²) >= 11 is 0. The minimum Gasteiger partial charge on any atom is -0.0616 e. The van der Waals surface area contributed by atoms with Gasteiger partial charge in [0.05, 0.1) is 0 Å². The zero-order valence-electron chi connectivity index (χ0n) is 13.2. The molecule has 0 unspecified atom stereocenters. The van der Waals surface area contributed by atoms with E-state index in [2.05, 4.69) is 84.9 Å². The Balaban J connectivity index is 1.77. The molecule has 0 aromatic heterocycles. The molecule has 0 heteroatoms. The van der Waals surface area contributed by atoms with Crippen LogP contribution in [0.25, 0.3) is 43.4 Å². The zero-order chi connectivity index (χ0) is 15.9. The molecule has 0 saturated heterocycles. The van der Waals surface area contributed by atoms with E-state index in [0.717, 1.165) is 0 Å². The summed E-state index contributed by atoms with van der Waals surface area (Å²) in [6.45, 7) is 0. The smallest absolute Gasteiger partial charge is 0.0171 e. The van der Waals surface area contributed by atoms with Crippen molar-refractivity contribution in [2.75, 3.05) is 0 Å². The van der Waals surface area contributed by atoms with Crippen LogP contribution >= 0.6 is 0 Å². The lowest BCUT2D eigenvalue weighted by molar-refractivity contribution is 1.64. The number of fused-ring (bicyclic) bond motifs is 3. The molecule has 0 spiro atoms. The first-order valence-corrected chi connectivity index (χ1v) is 8.20. The first-order chi connectivity index (χ1) is 11.9. The molecule has 1 radical (unpaired) electrons. The van der Waals surface area contributed by atoms with Gasteiger partial charge in [0.2, 0.25) is 0 Å². The van der Waals surface area contributed by atoms with Crippen molar-refractivity contribution >= 4 is 32.3 Å². The largest absolute Gasteiger partial charge is 0.0616 e. The van der Waals surface area contributed by atoms with Gasteiger partial charge in [-0.2, -0.15) is 0 Å². The van der Waals surface area contributed by atoms with Gasteiger partial charge in [0.25, 0.3) is 0 Å². The second kappa shape index (κ2) is 5.21. The van der Waals surface area contributed by atoms with Crippen molar-refractivity contribution in [1.82, 2.24) is 0 Å². The molecule has 0 aliphatic rings. The maximum atomic E-state index is 3.08. The van der Waals surface area contributed by atoms with Gasteiger partial charge in [-0.05, 0) is 79.8 Å². The molecule has 5 aromatic carbocycles. The van der Waals surface area contributed by atoms with Crippen LogP contribution in [0, 0.1) is 6.07 Å². The summed E-state index contributed by atoms with van der Waals surface area (Å²) < 4.78 is 0. The standard InChI is InChI=1S/C24H15/c1-2-6-17(7-3-1)20-10-11-21-15-23-12-18-8-4-5-9-19(18)13-24(23)16-22(21)14-20/h2-16H. The summed E-state index contributed by atoms with van der Waals surface area (Å²) in [6.07, 6.45) is 0. The Kier molecular flexibility index (Phi) is 2.89. The van der Waals surface area contributed by atoms with E-state index in [-0.39, 0.29) is 0 Å². The summed E-state index contributed by atoms with van der Waals surface area (Å²) in [5.74, 6) is 0. The fraction of sp³-hybridized carbons (Fsp3) is 0. The normalized spacial score (nSPS) is 11.3. The average molecular weight is 303 g/mol. The number of benzene rings is 5. The minimum absolute atomic E-state index is 1.23. The highest BCUT2D eigenvalue weighted by atomic mass is 14.1.